The smallest absolute Gasteiger partial charge is 0.233 e. The molecular weight excluding hydrogens is 278 g/mol. The number of carbonyl (C=O) groups is 1. The summed E-state index contributed by atoms with van der Waals surface area (Å²) in [5.74, 6) is 0.700. The number of thioether (sulfide) groups is 1. The van der Waals surface area contributed by atoms with E-state index in [2.05, 4.69) is 16.4 Å². The van der Waals surface area contributed by atoms with Gasteiger partial charge in [0.15, 0.2) is 4.34 Å². The summed E-state index contributed by atoms with van der Waals surface area (Å²) in [5, 5.41) is 3.25. The molecule has 1 amide bonds. The van der Waals surface area contributed by atoms with Gasteiger partial charge in [0.1, 0.15) is 0 Å². The number of piperazine rings is 1. The molecule has 4 nitrogen and oxygen atoms in total. The van der Waals surface area contributed by atoms with Crippen molar-refractivity contribution < 1.29 is 4.79 Å². The van der Waals surface area contributed by atoms with Crippen LogP contribution in [-0.4, -0.2) is 47.7 Å². The molecule has 1 N–H and O–H groups in total. The lowest BCUT2D eigenvalue weighted by atomic mass is 10.3. The monoisotopic (exact) mass is 293 g/mol. The topological polar surface area (TPSA) is 45.2 Å². The van der Waals surface area contributed by atoms with E-state index in [0.717, 1.165) is 36.0 Å². The maximum Gasteiger partial charge on any atom is 0.233 e. The first kappa shape index (κ1) is 12.9. The van der Waals surface area contributed by atoms with Crippen LogP contribution in [0, 0.1) is 0 Å². The standard InChI is InChI=1S/C13H15N3OS2/c17-12(16-7-5-14-6-8-16)9-18-13-15-10-3-1-2-4-11(10)19-13/h1-4,14H,5-9H2. The Balaban J connectivity index is 1.60. The van der Waals surface area contributed by atoms with Crippen molar-refractivity contribution in [1.82, 2.24) is 15.2 Å². The minimum atomic E-state index is 0.214. The van der Waals surface area contributed by atoms with Gasteiger partial charge in [-0.15, -0.1) is 11.3 Å². The maximum absolute atomic E-state index is 12.0. The summed E-state index contributed by atoms with van der Waals surface area (Å²) < 4.78 is 2.16. The number of benzene rings is 1. The van der Waals surface area contributed by atoms with Crippen LogP contribution in [0.15, 0.2) is 28.6 Å². The molecule has 2 heterocycles. The van der Waals surface area contributed by atoms with Crippen LogP contribution in [-0.2, 0) is 4.79 Å². The second-order valence-corrected chi connectivity index (χ2v) is 6.62. The molecule has 0 aliphatic carbocycles. The Morgan fingerprint density at radius 1 is 1.37 bits per heavy atom. The summed E-state index contributed by atoms with van der Waals surface area (Å²) in [5.41, 5.74) is 1.02. The fourth-order valence-electron chi connectivity index (χ4n) is 2.04. The quantitative estimate of drug-likeness (QED) is 0.877. The molecule has 1 aliphatic rings. The molecule has 0 atom stereocenters. The molecule has 2 aromatic rings. The molecule has 1 saturated heterocycles. The number of hydrogen-bond donors (Lipinski definition) is 1. The van der Waals surface area contributed by atoms with Gasteiger partial charge in [-0.1, -0.05) is 23.9 Å². The first-order valence-electron chi connectivity index (χ1n) is 6.30. The Morgan fingerprint density at radius 2 is 2.16 bits per heavy atom. The number of thiazole rings is 1. The molecule has 1 aliphatic heterocycles. The van der Waals surface area contributed by atoms with Crippen molar-refractivity contribution in [3.63, 3.8) is 0 Å². The number of nitrogens with zero attached hydrogens (tertiary/aromatic N) is 2. The van der Waals surface area contributed by atoms with Crippen molar-refractivity contribution in [2.75, 3.05) is 31.9 Å². The van der Waals surface area contributed by atoms with E-state index in [9.17, 15) is 4.79 Å². The summed E-state index contributed by atoms with van der Waals surface area (Å²) in [6, 6.07) is 8.08. The number of para-hydroxylation sites is 1. The Morgan fingerprint density at radius 3 is 2.95 bits per heavy atom. The molecule has 0 radical (unpaired) electrons. The first-order valence-corrected chi connectivity index (χ1v) is 8.10. The third-order valence-corrected chi connectivity index (χ3v) is 5.23. The zero-order valence-electron chi connectivity index (χ0n) is 10.5. The van der Waals surface area contributed by atoms with Crippen LogP contribution in [0.3, 0.4) is 0 Å². The third kappa shape index (κ3) is 3.08. The van der Waals surface area contributed by atoms with Crippen molar-refractivity contribution in [2.24, 2.45) is 0 Å². The molecule has 0 spiro atoms. The predicted octanol–water partition coefficient (Wildman–Crippen LogP) is 1.82. The lowest BCUT2D eigenvalue weighted by Crippen LogP contribution is -2.47. The van der Waals surface area contributed by atoms with Gasteiger partial charge in [0, 0.05) is 26.2 Å². The van der Waals surface area contributed by atoms with Gasteiger partial charge >= 0.3 is 0 Å². The zero-order valence-corrected chi connectivity index (χ0v) is 12.1. The number of aromatic nitrogens is 1. The van der Waals surface area contributed by atoms with Gasteiger partial charge in [-0.2, -0.15) is 0 Å². The van der Waals surface area contributed by atoms with Gasteiger partial charge in [0.25, 0.3) is 0 Å². The van der Waals surface area contributed by atoms with Gasteiger partial charge in [0.05, 0.1) is 16.0 Å². The molecule has 1 aromatic heterocycles. The van der Waals surface area contributed by atoms with Gasteiger partial charge in [-0.25, -0.2) is 4.98 Å². The highest BCUT2D eigenvalue weighted by atomic mass is 32.2. The molecule has 0 saturated carbocycles. The number of fused-ring (bicyclic) bond motifs is 1. The van der Waals surface area contributed by atoms with Crippen molar-refractivity contribution >= 4 is 39.2 Å². The van der Waals surface area contributed by atoms with E-state index >= 15 is 0 Å². The van der Waals surface area contributed by atoms with E-state index in [1.807, 2.05) is 23.1 Å². The molecule has 6 heteroatoms. The van der Waals surface area contributed by atoms with Crippen LogP contribution >= 0.6 is 23.1 Å². The third-order valence-electron chi connectivity index (χ3n) is 3.06. The van der Waals surface area contributed by atoms with Crippen molar-refractivity contribution in [1.29, 1.82) is 0 Å². The number of rotatable bonds is 3. The molecule has 0 unspecified atom stereocenters. The molecule has 0 bridgehead atoms. The first-order chi connectivity index (χ1) is 9.33. The summed E-state index contributed by atoms with van der Waals surface area (Å²) in [7, 11) is 0. The van der Waals surface area contributed by atoms with E-state index in [1.54, 1.807) is 23.1 Å². The van der Waals surface area contributed by atoms with Crippen LogP contribution in [0.5, 0.6) is 0 Å². The average molecular weight is 293 g/mol. The molecule has 1 fully saturated rings. The van der Waals surface area contributed by atoms with Crippen molar-refractivity contribution in [3.05, 3.63) is 24.3 Å². The molecule has 100 valence electrons. The van der Waals surface area contributed by atoms with E-state index < -0.39 is 0 Å². The summed E-state index contributed by atoms with van der Waals surface area (Å²) >= 11 is 3.20. The zero-order chi connectivity index (χ0) is 13.1. The van der Waals surface area contributed by atoms with E-state index in [1.165, 1.54) is 4.70 Å². The Hall–Kier alpha value is -1.11. The largest absolute Gasteiger partial charge is 0.339 e. The number of nitrogens with one attached hydrogen (secondary N) is 1. The number of hydrogen-bond acceptors (Lipinski definition) is 5. The fourth-order valence-corrected chi connectivity index (χ4v) is 4.01. The molecule has 19 heavy (non-hydrogen) atoms. The minimum absolute atomic E-state index is 0.214. The highest BCUT2D eigenvalue weighted by Gasteiger charge is 2.16. The van der Waals surface area contributed by atoms with Crippen molar-refractivity contribution in [3.8, 4) is 0 Å². The maximum atomic E-state index is 12.0. The molecular formula is C13H15N3OS2. The summed E-state index contributed by atoms with van der Waals surface area (Å²) in [6.45, 7) is 3.44. The van der Waals surface area contributed by atoms with Crippen LogP contribution in [0.1, 0.15) is 0 Å². The van der Waals surface area contributed by atoms with Gasteiger partial charge in [-0.05, 0) is 12.1 Å². The number of carbonyl (C=O) groups excluding carboxylic acids is 1. The second kappa shape index (κ2) is 5.90. The van der Waals surface area contributed by atoms with E-state index in [4.69, 9.17) is 0 Å². The second-order valence-electron chi connectivity index (χ2n) is 4.37. The highest BCUT2D eigenvalue weighted by Crippen LogP contribution is 2.29. The highest BCUT2D eigenvalue weighted by molar-refractivity contribution is 8.01. The minimum Gasteiger partial charge on any atom is -0.339 e. The normalized spacial score (nSPS) is 15.9. The SMILES string of the molecule is O=C(CSc1nc2ccccc2s1)N1CCNCC1. The molecule has 1 aromatic carbocycles. The predicted molar refractivity (Wildman–Crippen MR) is 79.8 cm³/mol. The lowest BCUT2D eigenvalue weighted by molar-refractivity contribution is -0.128. The summed E-state index contributed by atoms with van der Waals surface area (Å²) in [6.07, 6.45) is 0. The molecule has 3 rings (SSSR count). The number of amides is 1. The summed E-state index contributed by atoms with van der Waals surface area (Å²) in [4.78, 5) is 18.5. The Labute approximate surface area is 120 Å². The van der Waals surface area contributed by atoms with Crippen LogP contribution in [0.25, 0.3) is 10.2 Å². The van der Waals surface area contributed by atoms with Crippen molar-refractivity contribution in [2.45, 2.75) is 4.34 Å². The van der Waals surface area contributed by atoms with E-state index in [-0.39, 0.29) is 5.91 Å². The van der Waals surface area contributed by atoms with Gasteiger partial charge < -0.3 is 10.2 Å². The fraction of sp³-hybridized carbons (Fsp3) is 0.385. The lowest BCUT2D eigenvalue weighted by Gasteiger charge is -2.27. The Bertz CT molecular complexity index is 545. The van der Waals surface area contributed by atoms with Crippen LogP contribution in [0.4, 0.5) is 0 Å². The van der Waals surface area contributed by atoms with Crippen LogP contribution in [0.2, 0.25) is 0 Å². The average Bonchev–Trinajstić information content (AvgIpc) is 2.88. The van der Waals surface area contributed by atoms with Gasteiger partial charge in [-0.3, -0.25) is 4.79 Å². The van der Waals surface area contributed by atoms with E-state index in [0.29, 0.717) is 5.75 Å². The van der Waals surface area contributed by atoms with Gasteiger partial charge in [0.2, 0.25) is 5.91 Å². The Kier molecular flexibility index (Phi) is 4.00. The van der Waals surface area contributed by atoms with Crippen LogP contribution < -0.4 is 5.32 Å².